The van der Waals surface area contributed by atoms with E-state index in [4.69, 9.17) is 0 Å². The molecule has 0 amide bonds. The molecule has 0 saturated heterocycles. The summed E-state index contributed by atoms with van der Waals surface area (Å²) < 4.78 is 27.8. The zero-order valence-corrected chi connectivity index (χ0v) is 17.3. The number of rotatable bonds is 5. The first-order valence-electron chi connectivity index (χ1n) is 9.07. The van der Waals surface area contributed by atoms with Gasteiger partial charge in [0.25, 0.3) is 10.0 Å². The molecule has 146 valence electrons. The molecule has 0 fully saturated rings. The number of benzene rings is 2. The zero-order valence-electron chi connectivity index (χ0n) is 16.5. The van der Waals surface area contributed by atoms with E-state index in [1.807, 2.05) is 43.3 Å². The Morgan fingerprint density at radius 2 is 1.43 bits per heavy atom. The molecule has 3 rings (SSSR count). The van der Waals surface area contributed by atoms with Crippen molar-refractivity contribution in [3.05, 3.63) is 78.0 Å². The van der Waals surface area contributed by atoms with Crippen LogP contribution < -0.4 is 10.0 Å². The molecule has 0 aliphatic carbocycles. The molecule has 2 N–H and O–H groups in total. The van der Waals surface area contributed by atoms with E-state index in [2.05, 4.69) is 35.8 Å². The Labute approximate surface area is 166 Å². The largest absolute Gasteiger partial charge is 0.340 e. The monoisotopic (exact) mass is 395 g/mol. The lowest BCUT2D eigenvalue weighted by Crippen LogP contribution is -2.15. The Kier molecular flexibility index (Phi) is 5.42. The van der Waals surface area contributed by atoms with E-state index in [9.17, 15) is 8.42 Å². The van der Waals surface area contributed by atoms with Gasteiger partial charge in [-0.25, -0.2) is 13.4 Å². The van der Waals surface area contributed by atoms with E-state index in [0.717, 1.165) is 11.3 Å². The molecule has 28 heavy (non-hydrogen) atoms. The molecule has 0 bridgehead atoms. The second-order valence-corrected chi connectivity index (χ2v) is 9.49. The van der Waals surface area contributed by atoms with Crippen LogP contribution in [0.3, 0.4) is 0 Å². The minimum atomic E-state index is -3.66. The number of anilines is 3. The van der Waals surface area contributed by atoms with Crippen LogP contribution in [0.1, 0.15) is 31.9 Å². The molecule has 5 nitrogen and oxygen atoms in total. The molecule has 0 radical (unpaired) electrons. The highest BCUT2D eigenvalue weighted by atomic mass is 32.2. The Morgan fingerprint density at radius 1 is 0.821 bits per heavy atom. The predicted octanol–water partition coefficient (Wildman–Crippen LogP) is 5.23. The Hall–Kier alpha value is -2.86. The Bertz CT molecular complexity index is 1030. The van der Waals surface area contributed by atoms with E-state index >= 15 is 0 Å². The third kappa shape index (κ3) is 4.89. The van der Waals surface area contributed by atoms with Gasteiger partial charge in [0.1, 0.15) is 5.82 Å². The molecule has 1 heterocycles. The summed E-state index contributed by atoms with van der Waals surface area (Å²) in [6.45, 7) is 8.30. The summed E-state index contributed by atoms with van der Waals surface area (Å²) in [5.74, 6) is 0.640. The van der Waals surface area contributed by atoms with Crippen LogP contribution in [-0.4, -0.2) is 13.4 Å². The number of hydrogen-bond acceptors (Lipinski definition) is 4. The fourth-order valence-electron chi connectivity index (χ4n) is 2.66. The summed E-state index contributed by atoms with van der Waals surface area (Å²) in [7, 11) is -3.66. The lowest BCUT2D eigenvalue weighted by molar-refractivity contribution is 0.587. The van der Waals surface area contributed by atoms with Gasteiger partial charge in [0.2, 0.25) is 0 Å². The van der Waals surface area contributed by atoms with Crippen molar-refractivity contribution in [2.24, 2.45) is 0 Å². The second-order valence-electron chi connectivity index (χ2n) is 7.80. The highest BCUT2D eigenvalue weighted by molar-refractivity contribution is 7.92. The molecule has 0 aliphatic rings. The van der Waals surface area contributed by atoms with Crippen LogP contribution in [0, 0.1) is 6.92 Å². The lowest BCUT2D eigenvalue weighted by atomic mass is 9.87. The molecular weight excluding hydrogens is 370 g/mol. The first-order valence-corrected chi connectivity index (χ1v) is 10.5. The van der Waals surface area contributed by atoms with Gasteiger partial charge in [-0.05, 0) is 54.3 Å². The average molecular weight is 396 g/mol. The van der Waals surface area contributed by atoms with Crippen molar-refractivity contribution in [1.82, 2.24) is 4.98 Å². The van der Waals surface area contributed by atoms with E-state index in [-0.39, 0.29) is 10.3 Å². The van der Waals surface area contributed by atoms with Crippen molar-refractivity contribution < 1.29 is 8.42 Å². The summed E-state index contributed by atoms with van der Waals surface area (Å²) in [6, 6.07) is 18.3. The van der Waals surface area contributed by atoms with Crippen molar-refractivity contribution in [2.45, 2.75) is 38.0 Å². The van der Waals surface area contributed by atoms with Crippen molar-refractivity contribution >= 4 is 27.2 Å². The zero-order chi connectivity index (χ0) is 20.4. The second kappa shape index (κ2) is 7.64. The smallest absolute Gasteiger partial charge is 0.261 e. The van der Waals surface area contributed by atoms with Gasteiger partial charge >= 0.3 is 0 Å². The molecule has 6 heteroatoms. The molecule has 0 aliphatic heterocycles. The van der Waals surface area contributed by atoms with Gasteiger partial charge < -0.3 is 5.32 Å². The van der Waals surface area contributed by atoms with E-state index in [1.54, 1.807) is 24.3 Å². The van der Waals surface area contributed by atoms with Gasteiger partial charge in [-0.2, -0.15) is 0 Å². The van der Waals surface area contributed by atoms with Crippen LogP contribution in [0.5, 0.6) is 0 Å². The number of nitrogens with zero attached hydrogens (tertiary/aromatic N) is 1. The minimum Gasteiger partial charge on any atom is -0.340 e. The number of aryl methyl sites for hydroxylation is 1. The van der Waals surface area contributed by atoms with Crippen molar-refractivity contribution in [1.29, 1.82) is 0 Å². The molecule has 0 unspecified atom stereocenters. The Morgan fingerprint density at radius 3 is 1.96 bits per heavy atom. The maximum Gasteiger partial charge on any atom is 0.261 e. The summed E-state index contributed by atoms with van der Waals surface area (Å²) in [5, 5.41) is 3.18. The van der Waals surface area contributed by atoms with Crippen molar-refractivity contribution in [2.75, 3.05) is 10.0 Å². The molecule has 0 atom stereocenters. The average Bonchev–Trinajstić information content (AvgIpc) is 2.64. The maximum absolute atomic E-state index is 12.6. The van der Waals surface area contributed by atoms with Gasteiger partial charge in [-0.1, -0.05) is 50.6 Å². The minimum absolute atomic E-state index is 0.0279. The SMILES string of the molecule is Cc1ccc(Nc2ccc(NS(=O)(=O)c3ccc(C(C)(C)C)cc3)cn2)cc1. The fraction of sp³-hybridized carbons (Fsp3) is 0.227. The molecule has 1 aromatic heterocycles. The van der Waals surface area contributed by atoms with Crippen molar-refractivity contribution in [3.8, 4) is 0 Å². The molecular formula is C22H25N3O2S. The number of nitrogens with one attached hydrogen (secondary N) is 2. The van der Waals surface area contributed by atoms with Crippen LogP contribution in [0.4, 0.5) is 17.2 Å². The topological polar surface area (TPSA) is 71.1 Å². The standard InChI is InChI=1S/C22H25N3O2S/c1-16-5-9-18(10-6-16)24-21-14-11-19(15-23-21)25-28(26,27)20-12-7-17(8-13-20)22(2,3)4/h5-15,25H,1-4H3,(H,23,24). The summed E-state index contributed by atoms with van der Waals surface area (Å²) >= 11 is 0. The normalized spacial score (nSPS) is 11.9. The Balaban J connectivity index is 1.71. The number of hydrogen-bond donors (Lipinski definition) is 2. The van der Waals surface area contributed by atoms with E-state index < -0.39 is 10.0 Å². The van der Waals surface area contributed by atoms with E-state index in [0.29, 0.717) is 11.5 Å². The van der Waals surface area contributed by atoms with Gasteiger partial charge in [0.05, 0.1) is 16.8 Å². The first-order chi connectivity index (χ1) is 13.1. The van der Waals surface area contributed by atoms with Crippen molar-refractivity contribution in [3.63, 3.8) is 0 Å². The number of sulfonamides is 1. The van der Waals surface area contributed by atoms with Gasteiger partial charge in [0, 0.05) is 5.69 Å². The maximum atomic E-state index is 12.6. The molecule has 2 aromatic carbocycles. The third-order valence-electron chi connectivity index (χ3n) is 4.37. The van der Waals surface area contributed by atoms with Gasteiger partial charge in [-0.15, -0.1) is 0 Å². The third-order valence-corrected chi connectivity index (χ3v) is 5.77. The highest BCUT2D eigenvalue weighted by Crippen LogP contribution is 2.24. The first kappa shape index (κ1) is 19.9. The van der Waals surface area contributed by atoms with Crippen LogP contribution in [0.15, 0.2) is 71.8 Å². The predicted molar refractivity (Wildman–Crippen MR) is 115 cm³/mol. The number of pyridine rings is 1. The summed E-state index contributed by atoms with van der Waals surface area (Å²) in [5.41, 5.74) is 3.57. The number of aromatic nitrogens is 1. The summed E-state index contributed by atoms with van der Waals surface area (Å²) in [4.78, 5) is 4.51. The van der Waals surface area contributed by atoms with Crippen LogP contribution in [0.25, 0.3) is 0 Å². The van der Waals surface area contributed by atoms with E-state index in [1.165, 1.54) is 11.8 Å². The lowest BCUT2D eigenvalue weighted by Gasteiger charge is -2.19. The molecule has 0 spiro atoms. The van der Waals surface area contributed by atoms with Gasteiger partial charge in [-0.3, -0.25) is 4.72 Å². The molecule has 3 aromatic rings. The van der Waals surface area contributed by atoms with Gasteiger partial charge in [0.15, 0.2) is 0 Å². The highest BCUT2D eigenvalue weighted by Gasteiger charge is 2.17. The summed E-state index contributed by atoms with van der Waals surface area (Å²) in [6.07, 6.45) is 1.50. The fourth-order valence-corrected chi connectivity index (χ4v) is 3.70. The quantitative estimate of drug-likeness (QED) is 0.620. The van der Waals surface area contributed by atoms with Crippen LogP contribution in [0.2, 0.25) is 0 Å². The van der Waals surface area contributed by atoms with Crippen LogP contribution >= 0.6 is 0 Å². The van der Waals surface area contributed by atoms with Crippen LogP contribution in [-0.2, 0) is 15.4 Å². The molecule has 0 saturated carbocycles.